The molecule has 0 saturated carbocycles. The van der Waals surface area contributed by atoms with E-state index in [2.05, 4.69) is 10.3 Å². The fourth-order valence-electron chi connectivity index (χ4n) is 2.86. The van der Waals surface area contributed by atoms with Crippen molar-refractivity contribution in [2.45, 2.75) is 4.90 Å². The highest BCUT2D eigenvalue weighted by Crippen LogP contribution is 2.27. The van der Waals surface area contributed by atoms with Gasteiger partial charge in [0, 0.05) is 18.8 Å². The molecular formula is C18H15ClN4O4S. The first kappa shape index (κ1) is 18.7. The van der Waals surface area contributed by atoms with Gasteiger partial charge in [-0.25, -0.2) is 8.42 Å². The summed E-state index contributed by atoms with van der Waals surface area (Å²) < 4.78 is 37.8. The zero-order valence-electron chi connectivity index (χ0n) is 14.6. The van der Waals surface area contributed by atoms with Crippen LogP contribution in [0.5, 0.6) is 0 Å². The van der Waals surface area contributed by atoms with E-state index in [1.807, 2.05) is 6.07 Å². The molecule has 3 aromatic rings. The number of oxazole rings is 1. The number of hydrogen-bond acceptors (Lipinski definition) is 7. The Balaban J connectivity index is 1.61. The van der Waals surface area contributed by atoms with Crippen LogP contribution in [0, 0.1) is 11.3 Å². The van der Waals surface area contributed by atoms with Crippen molar-refractivity contribution in [3.63, 3.8) is 0 Å². The maximum atomic E-state index is 12.8. The van der Waals surface area contributed by atoms with Crippen LogP contribution in [-0.2, 0) is 14.8 Å². The molecule has 1 saturated heterocycles. The van der Waals surface area contributed by atoms with Gasteiger partial charge in [-0.2, -0.15) is 14.6 Å². The van der Waals surface area contributed by atoms with Gasteiger partial charge in [-0.1, -0.05) is 11.6 Å². The number of fused-ring (bicyclic) bond motifs is 1. The van der Waals surface area contributed by atoms with E-state index in [1.54, 1.807) is 24.3 Å². The molecule has 0 aliphatic carbocycles. The molecule has 28 heavy (non-hydrogen) atoms. The van der Waals surface area contributed by atoms with Crippen molar-refractivity contribution in [1.29, 1.82) is 5.26 Å². The number of anilines is 2. The van der Waals surface area contributed by atoms with E-state index in [9.17, 15) is 8.42 Å². The summed E-state index contributed by atoms with van der Waals surface area (Å²) in [5, 5.41) is 12.2. The van der Waals surface area contributed by atoms with Gasteiger partial charge >= 0.3 is 0 Å². The van der Waals surface area contributed by atoms with Gasteiger partial charge in [0.2, 0.25) is 10.0 Å². The Morgan fingerprint density at radius 2 is 1.96 bits per heavy atom. The Morgan fingerprint density at radius 3 is 2.68 bits per heavy atom. The van der Waals surface area contributed by atoms with Gasteiger partial charge in [-0.15, -0.1) is 0 Å². The second kappa shape index (κ2) is 7.41. The molecule has 2 aromatic carbocycles. The third-order valence-electron chi connectivity index (χ3n) is 4.31. The number of rotatable bonds is 4. The monoisotopic (exact) mass is 418 g/mol. The average molecular weight is 419 g/mol. The number of nitriles is 1. The van der Waals surface area contributed by atoms with Gasteiger partial charge in [-0.05, 0) is 36.4 Å². The van der Waals surface area contributed by atoms with Crippen LogP contribution >= 0.6 is 11.6 Å². The zero-order valence-corrected chi connectivity index (χ0v) is 16.1. The number of aromatic nitrogens is 1. The third kappa shape index (κ3) is 3.55. The second-order valence-electron chi connectivity index (χ2n) is 6.10. The molecule has 0 radical (unpaired) electrons. The van der Waals surface area contributed by atoms with Crippen LogP contribution in [0.25, 0.3) is 11.1 Å². The predicted octanol–water partition coefficient (Wildman–Crippen LogP) is 3.12. The third-order valence-corrected chi connectivity index (χ3v) is 6.52. The molecular weight excluding hydrogens is 404 g/mol. The highest BCUT2D eigenvalue weighted by atomic mass is 35.5. The smallest absolute Gasteiger partial charge is 0.300 e. The summed E-state index contributed by atoms with van der Waals surface area (Å²) in [6.45, 7) is 1.41. The van der Waals surface area contributed by atoms with E-state index in [1.165, 1.54) is 16.4 Å². The summed E-state index contributed by atoms with van der Waals surface area (Å²) in [5.74, 6) is 0. The predicted molar refractivity (Wildman–Crippen MR) is 103 cm³/mol. The van der Waals surface area contributed by atoms with Crippen LogP contribution in [-0.4, -0.2) is 44.0 Å². The van der Waals surface area contributed by atoms with Crippen molar-refractivity contribution in [3.05, 3.63) is 47.0 Å². The first-order valence-electron chi connectivity index (χ1n) is 8.42. The molecule has 0 atom stereocenters. The van der Waals surface area contributed by atoms with E-state index in [0.29, 0.717) is 53.7 Å². The fourth-order valence-corrected chi connectivity index (χ4v) is 4.52. The zero-order chi connectivity index (χ0) is 19.7. The molecule has 1 aliphatic heterocycles. The highest BCUT2D eigenvalue weighted by Gasteiger charge is 2.27. The van der Waals surface area contributed by atoms with E-state index in [4.69, 9.17) is 26.0 Å². The Kier molecular flexibility index (Phi) is 4.95. The van der Waals surface area contributed by atoms with Crippen LogP contribution in [0.15, 0.2) is 45.7 Å². The topological polar surface area (TPSA) is 108 Å². The van der Waals surface area contributed by atoms with Crippen LogP contribution in [0.3, 0.4) is 0 Å². The first-order valence-corrected chi connectivity index (χ1v) is 10.2. The summed E-state index contributed by atoms with van der Waals surface area (Å²) in [4.78, 5) is 4.46. The Labute approximate surface area is 166 Å². The van der Waals surface area contributed by atoms with Gasteiger partial charge in [0.25, 0.3) is 6.01 Å². The maximum Gasteiger partial charge on any atom is 0.300 e. The average Bonchev–Trinajstić information content (AvgIpc) is 3.10. The maximum absolute atomic E-state index is 12.8. The molecule has 2 heterocycles. The lowest BCUT2D eigenvalue weighted by molar-refractivity contribution is 0.0730. The molecule has 0 spiro atoms. The fraction of sp³-hybridized carbons (Fsp3) is 0.222. The normalized spacial score (nSPS) is 15.4. The molecule has 1 aromatic heterocycles. The molecule has 0 amide bonds. The number of nitrogens with one attached hydrogen (secondary N) is 1. The number of sulfonamides is 1. The summed E-state index contributed by atoms with van der Waals surface area (Å²) >= 11 is 6.03. The Bertz CT molecular complexity index is 1180. The largest absolute Gasteiger partial charge is 0.423 e. The summed E-state index contributed by atoms with van der Waals surface area (Å²) in [6, 6.07) is 11.6. The standard InChI is InChI=1S/C18H15ClN4O4S/c19-15-9-13(2-1-12(15)11-20)21-18-22-16-10-14(3-4-17(16)27-18)28(24,25)23-5-7-26-8-6-23/h1-4,9-10H,5-8H2,(H,21,22). The summed E-state index contributed by atoms with van der Waals surface area (Å²) in [7, 11) is -3.61. The SMILES string of the molecule is N#Cc1ccc(Nc2nc3cc(S(=O)(=O)N4CCOCC4)ccc3o2)cc1Cl. The first-order chi connectivity index (χ1) is 13.5. The van der Waals surface area contributed by atoms with Crippen molar-refractivity contribution in [2.24, 2.45) is 0 Å². The van der Waals surface area contributed by atoms with Crippen molar-refractivity contribution < 1.29 is 17.6 Å². The molecule has 10 heteroatoms. The number of hydrogen-bond donors (Lipinski definition) is 1. The number of benzene rings is 2. The highest BCUT2D eigenvalue weighted by molar-refractivity contribution is 7.89. The van der Waals surface area contributed by atoms with Gasteiger partial charge in [0.15, 0.2) is 5.58 Å². The lowest BCUT2D eigenvalue weighted by Crippen LogP contribution is -2.40. The second-order valence-corrected chi connectivity index (χ2v) is 8.44. The van der Waals surface area contributed by atoms with Crippen LogP contribution in [0.4, 0.5) is 11.7 Å². The minimum absolute atomic E-state index is 0.156. The molecule has 1 N–H and O–H groups in total. The summed E-state index contributed by atoms with van der Waals surface area (Å²) in [6.07, 6.45) is 0. The minimum Gasteiger partial charge on any atom is -0.423 e. The van der Waals surface area contributed by atoms with Crippen molar-refractivity contribution in [3.8, 4) is 6.07 Å². The van der Waals surface area contributed by atoms with Gasteiger partial charge in [-0.3, -0.25) is 0 Å². The molecule has 1 fully saturated rings. The number of halogens is 1. The number of morpholine rings is 1. The van der Waals surface area contributed by atoms with Crippen molar-refractivity contribution in [1.82, 2.24) is 9.29 Å². The van der Waals surface area contributed by atoms with Gasteiger partial charge < -0.3 is 14.5 Å². The Morgan fingerprint density at radius 1 is 1.18 bits per heavy atom. The van der Waals surface area contributed by atoms with E-state index >= 15 is 0 Å². The molecule has 144 valence electrons. The van der Waals surface area contributed by atoms with Gasteiger partial charge in [0.1, 0.15) is 11.6 Å². The van der Waals surface area contributed by atoms with E-state index in [0.717, 1.165) is 0 Å². The summed E-state index contributed by atoms with van der Waals surface area (Å²) in [5.41, 5.74) is 1.82. The Hall–Kier alpha value is -2.64. The number of nitrogens with zero attached hydrogens (tertiary/aromatic N) is 3. The van der Waals surface area contributed by atoms with Crippen LogP contribution < -0.4 is 5.32 Å². The van der Waals surface area contributed by atoms with Crippen molar-refractivity contribution >= 4 is 44.4 Å². The van der Waals surface area contributed by atoms with E-state index in [-0.39, 0.29) is 10.9 Å². The lowest BCUT2D eigenvalue weighted by atomic mass is 10.2. The molecule has 4 rings (SSSR count). The van der Waals surface area contributed by atoms with Crippen LogP contribution in [0.1, 0.15) is 5.56 Å². The molecule has 0 unspecified atom stereocenters. The van der Waals surface area contributed by atoms with Crippen molar-refractivity contribution in [2.75, 3.05) is 31.6 Å². The molecule has 1 aliphatic rings. The number of ether oxygens (including phenoxy) is 1. The minimum atomic E-state index is -3.61. The quantitative estimate of drug-likeness (QED) is 0.693. The molecule has 8 nitrogen and oxygen atoms in total. The lowest BCUT2D eigenvalue weighted by Gasteiger charge is -2.25. The molecule has 0 bridgehead atoms. The van der Waals surface area contributed by atoms with Gasteiger partial charge in [0.05, 0.1) is 28.7 Å². The van der Waals surface area contributed by atoms with E-state index < -0.39 is 10.0 Å². The van der Waals surface area contributed by atoms with Crippen LogP contribution in [0.2, 0.25) is 5.02 Å².